The molecule has 94 valence electrons. The zero-order valence-corrected chi connectivity index (χ0v) is 10.6. The van der Waals surface area contributed by atoms with E-state index < -0.39 is 6.10 Å². The summed E-state index contributed by atoms with van der Waals surface area (Å²) in [6.07, 6.45) is 1.03. The van der Waals surface area contributed by atoms with Crippen LogP contribution in [0.2, 0.25) is 0 Å². The molecule has 2 rings (SSSR count). The van der Waals surface area contributed by atoms with Crippen molar-refractivity contribution in [3.05, 3.63) is 59.4 Å². The third kappa shape index (κ3) is 2.87. The Kier molecular flexibility index (Phi) is 3.95. The maximum atomic E-state index is 10.3. The molecule has 0 fully saturated rings. The number of pyridine rings is 1. The van der Waals surface area contributed by atoms with Gasteiger partial charge in [-0.25, -0.2) is 0 Å². The summed E-state index contributed by atoms with van der Waals surface area (Å²) in [6, 6.07) is 11.3. The molecule has 1 aromatic heterocycles. The van der Waals surface area contributed by atoms with Gasteiger partial charge in [-0.05, 0) is 37.6 Å². The molecule has 0 amide bonds. The molecule has 0 aliphatic heterocycles. The lowest BCUT2D eigenvalue weighted by Gasteiger charge is -2.12. The molecule has 0 radical (unpaired) electrons. The summed E-state index contributed by atoms with van der Waals surface area (Å²) in [5.74, 6) is 0.772. The minimum absolute atomic E-state index is 0.617. The van der Waals surface area contributed by atoms with Gasteiger partial charge in [0, 0.05) is 17.5 Å². The normalized spacial score (nSPS) is 12.2. The third-order valence-corrected chi connectivity index (χ3v) is 2.73. The van der Waals surface area contributed by atoms with E-state index in [0.29, 0.717) is 6.61 Å². The van der Waals surface area contributed by atoms with Crippen LogP contribution in [0.15, 0.2) is 42.6 Å². The summed E-state index contributed by atoms with van der Waals surface area (Å²) < 4.78 is 5.42. The van der Waals surface area contributed by atoms with Crippen LogP contribution in [0.4, 0.5) is 0 Å². The van der Waals surface area contributed by atoms with E-state index in [1.165, 1.54) is 0 Å². The highest BCUT2D eigenvalue weighted by Crippen LogP contribution is 2.24. The van der Waals surface area contributed by atoms with Gasteiger partial charge >= 0.3 is 0 Å². The molecule has 1 heterocycles. The van der Waals surface area contributed by atoms with Gasteiger partial charge in [0.2, 0.25) is 0 Å². The van der Waals surface area contributed by atoms with Gasteiger partial charge in [-0.2, -0.15) is 0 Å². The Labute approximate surface area is 107 Å². The number of aliphatic hydroxyl groups excluding tert-OH is 1. The fourth-order valence-electron chi connectivity index (χ4n) is 1.77. The molecule has 1 unspecified atom stereocenters. The molecule has 1 aromatic carbocycles. The predicted octanol–water partition coefficient (Wildman–Crippen LogP) is 2.87. The van der Waals surface area contributed by atoms with Gasteiger partial charge in [0.15, 0.2) is 0 Å². The van der Waals surface area contributed by atoms with Crippen LogP contribution in [-0.4, -0.2) is 16.7 Å². The molecule has 1 N–H and O–H groups in total. The van der Waals surface area contributed by atoms with Crippen molar-refractivity contribution in [2.24, 2.45) is 0 Å². The van der Waals surface area contributed by atoms with E-state index in [1.807, 2.05) is 50.2 Å². The molecular formula is C15H17NO2. The molecule has 0 saturated heterocycles. The molecular weight excluding hydrogens is 226 g/mol. The number of aromatic nitrogens is 1. The highest BCUT2D eigenvalue weighted by molar-refractivity contribution is 5.34. The summed E-state index contributed by atoms with van der Waals surface area (Å²) in [4.78, 5) is 4.19. The standard InChI is InChI=1S/C15H17NO2/c1-3-18-14-6-4-5-12(9-14)15(17)13-8-7-11(2)16-10-13/h4-10,15,17H,3H2,1-2H3. The minimum Gasteiger partial charge on any atom is -0.494 e. The first-order valence-corrected chi connectivity index (χ1v) is 6.04. The number of nitrogens with zero attached hydrogens (tertiary/aromatic N) is 1. The summed E-state index contributed by atoms with van der Waals surface area (Å²) in [6.45, 7) is 4.48. The third-order valence-electron chi connectivity index (χ3n) is 2.73. The molecule has 0 saturated carbocycles. The second-order valence-corrected chi connectivity index (χ2v) is 4.14. The Hall–Kier alpha value is -1.87. The van der Waals surface area contributed by atoms with Gasteiger partial charge in [0.25, 0.3) is 0 Å². The predicted molar refractivity (Wildman–Crippen MR) is 70.6 cm³/mol. The zero-order valence-electron chi connectivity index (χ0n) is 10.6. The Morgan fingerprint density at radius 3 is 2.72 bits per heavy atom. The Morgan fingerprint density at radius 1 is 1.22 bits per heavy atom. The van der Waals surface area contributed by atoms with E-state index in [2.05, 4.69) is 4.98 Å². The topological polar surface area (TPSA) is 42.4 Å². The number of ether oxygens (including phenoxy) is 1. The first-order chi connectivity index (χ1) is 8.70. The Bertz CT molecular complexity index is 508. The van der Waals surface area contributed by atoms with Crippen molar-refractivity contribution in [1.29, 1.82) is 0 Å². The number of hydrogen-bond donors (Lipinski definition) is 1. The van der Waals surface area contributed by atoms with Crippen molar-refractivity contribution in [2.45, 2.75) is 20.0 Å². The lowest BCUT2D eigenvalue weighted by Crippen LogP contribution is -2.01. The van der Waals surface area contributed by atoms with Crippen LogP contribution in [-0.2, 0) is 0 Å². The van der Waals surface area contributed by atoms with Crippen LogP contribution in [0, 0.1) is 6.92 Å². The van der Waals surface area contributed by atoms with Gasteiger partial charge in [-0.1, -0.05) is 18.2 Å². The van der Waals surface area contributed by atoms with Crippen LogP contribution >= 0.6 is 0 Å². The first kappa shape index (κ1) is 12.6. The van der Waals surface area contributed by atoms with Crippen molar-refractivity contribution in [3.63, 3.8) is 0 Å². The quantitative estimate of drug-likeness (QED) is 0.897. The summed E-state index contributed by atoms with van der Waals surface area (Å²) in [5, 5.41) is 10.3. The highest BCUT2D eigenvalue weighted by atomic mass is 16.5. The van der Waals surface area contributed by atoms with Gasteiger partial charge in [-0.15, -0.1) is 0 Å². The van der Waals surface area contributed by atoms with E-state index in [-0.39, 0.29) is 0 Å². The largest absolute Gasteiger partial charge is 0.494 e. The summed E-state index contributed by atoms with van der Waals surface area (Å²) in [5.41, 5.74) is 2.54. The van der Waals surface area contributed by atoms with Crippen molar-refractivity contribution in [1.82, 2.24) is 4.98 Å². The molecule has 0 aliphatic carbocycles. The van der Waals surface area contributed by atoms with Crippen molar-refractivity contribution >= 4 is 0 Å². The second-order valence-electron chi connectivity index (χ2n) is 4.14. The molecule has 18 heavy (non-hydrogen) atoms. The van der Waals surface area contributed by atoms with E-state index in [4.69, 9.17) is 4.74 Å². The Balaban J connectivity index is 2.24. The fourth-order valence-corrected chi connectivity index (χ4v) is 1.77. The molecule has 3 nitrogen and oxygen atoms in total. The molecule has 0 spiro atoms. The van der Waals surface area contributed by atoms with Crippen LogP contribution < -0.4 is 4.74 Å². The molecule has 0 aliphatic rings. The highest BCUT2D eigenvalue weighted by Gasteiger charge is 2.11. The lowest BCUT2D eigenvalue weighted by molar-refractivity contribution is 0.219. The van der Waals surface area contributed by atoms with E-state index in [1.54, 1.807) is 6.20 Å². The number of rotatable bonds is 4. The van der Waals surface area contributed by atoms with Gasteiger partial charge in [0.05, 0.1) is 6.61 Å². The smallest absolute Gasteiger partial charge is 0.119 e. The maximum Gasteiger partial charge on any atom is 0.119 e. The molecule has 0 bridgehead atoms. The SMILES string of the molecule is CCOc1cccc(C(O)c2ccc(C)nc2)c1. The lowest BCUT2D eigenvalue weighted by atomic mass is 10.0. The Morgan fingerprint density at radius 2 is 2.06 bits per heavy atom. The van der Waals surface area contributed by atoms with Crippen molar-refractivity contribution in [2.75, 3.05) is 6.61 Å². The van der Waals surface area contributed by atoms with Crippen molar-refractivity contribution in [3.8, 4) is 5.75 Å². The maximum absolute atomic E-state index is 10.3. The summed E-state index contributed by atoms with van der Waals surface area (Å²) in [7, 11) is 0. The zero-order chi connectivity index (χ0) is 13.0. The van der Waals surface area contributed by atoms with Gasteiger partial charge < -0.3 is 9.84 Å². The van der Waals surface area contributed by atoms with E-state index in [9.17, 15) is 5.11 Å². The fraction of sp³-hybridized carbons (Fsp3) is 0.267. The van der Waals surface area contributed by atoms with Gasteiger partial charge in [0.1, 0.15) is 11.9 Å². The van der Waals surface area contributed by atoms with Crippen LogP contribution in [0.25, 0.3) is 0 Å². The molecule has 2 aromatic rings. The van der Waals surface area contributed by atoms with E-state index >= 15 is 0 Å². The average Bonchev–Trinajstić information content (AvgIpc) is 2.39. The van der Waals surface area contributed by atoms with Crippen LogP contribution in [0.5, 0.6) is 5.75 Å². The first-order valence-electron chi connectivity index (χ1n) is 6.04. The molecule has 1 atom stereocenters. The number of aryl methyl sites for hydroxylation is 1. The molecule has 3 heteroatoms. The number of benzene rings is 1. The number of aliphatic hydroxyl groups is 1. The minimum atomic E-state index is -0.668. The van der Waals surface area contributed by atoms with Crippen LogP contribution in [0.1, 0.15) is 29.8 Å². The number of hydrogen-bond acceptors (Lipinski definition) is 3. The average molecular weight is 243 g/mol. The monoisotopic (exact) mass is 243 g/mol. The second kappa shape index (κ2) is 5.65. The van der Waals surface area contributed by atoms with E-state index in [0.717, 1.165) is 22.6 Å². The summed E-state index contributed by atoms with van der Waals surface area (Å²) >= 11 is 0. The van der Waals surface area contributed by atoms with Crippen molar-refractivity contribution < 1.29 is 9.84 Å². The van der Waals surface area contributed by atoms with Gasteiger partial charge in [-0.3, -0.25) is 4.98 Å². The van der Waals surface area contributed by atoms with Crippen LogP contribution in [0.3, 0.4) is 0 Å².